The molecule has 0 radical (unpaired) electrons. The SMILES string of the molecule is Cc1cc(C)c(C(=O)O)c(N2CCc3ccccc3C2)n1. The van der Waals surface area contributed by atoms with Crippen LogP contribution >= 0.6 is 0 Å². The van der Waals surface area contributed by atoms with Gasteiger partial charge in [0.15, 0.2) is 0 Å². The van der Waals surface area contributed by atoms with Gasteiger partial charge in [0.05, 0.1) is 0 Å². The van der Waals surface area contributed by atoms with Crippen molar-refractivity contribution in [3.63, 3.8) is 0 Å². The van der Waals surface area contributed by atoms with Crippen molar-refractivity contribution >= 4 is 11.8 Å². The highest BCUT2D eigenvalue weighted by molar-refractivity contribution is 5.95. The first-order valence-electron chi connectivity index (χ1n) is 7.09. The number of aryl methyl sites for hydroxylation is 2. The maximum atomic E-state index is 11.6. The number of benzene rings is 1. The summed E-state index contributed by atoms with van der Waals surface area (Å²) in [4.78, 5) is 18.1. The molecule has 1 aromatic heterocycles. The molecule has 0 amide bonds. The lowest BCUT2D eigenvalue weighted by atomic mass is 9.99. The molecule has 0 saturated carbocycles. The number of hydrogen-bond acceptors (Lipinski definition) is 3. The minimum atomic E-state index is -0.908. The molecule has 0 saturated heterocycles. The molecule has 4 nitrogen and oxygen atoms in total. The molecule has 108 valence electrons. The summed E-state index contributed by atoms with van der Waals surface area (Å²) in [5.74, 6) is -0.316. The Balaban J connectivity index is 2.04. The average Bonchev–Trinajstić information content (AvgIpc) is 2.45. The van der Waals surface area contributed by atoms with E-state index in [1.807, 2.05) is 32.0 Å². The van der Waals surface area contributed by atoms with Gasteiger partial charge >= 0.3 is 5.97 Å². The van der Waals surface area contributed by atoms with Crippen molar-refractivity contribution in [3.8, 4) is 0 Å². The molecular formula is C17H18N2O2. The third-order valence-corrected chi connectivity index (χ3v) is 3.97. The van der Waals surface area contributed by atoms with Crippen LogP contribution in [-0.4, -0.2) is 22.6 Å². The van der Waals surface area contributed by atoms with Gasteiger partial charge in [-0.05, 0) is 43.0 Å². The summed E-state index contributed by atoms with van der Waals surface area (Å²) < 4.78 is 0. The topological polar surface area (TPSA) is 53.4 Å². The molecule has 0 atom stereocenters. The second kappa shape index (κ2) is 5.20. The number of aromatic nitrogens is 1. The van der Waals surface area contributed by atoms with Crippen LogP contribution in [0.1, 0.15) is 32.7 Å². The van der Waals surface area contributed by atoms with Crippen molar-refractivity contribution < 1.29 is 9.90 Å². The van der Waals surface area contributed by atoms with Crippen molar-refractivity contribution in [2.75, 3.05) is 11.4 Å². The number of pyridine rings is 1. The van der Waals surface area contributed by atoms with Crippen molar-refractivity contribution in [1.29, 1.82) is 0 Å². The average molecular weight is 282 g/mol. The van der Waals surface area contributed by atoms with Gasteiger partial charge in [0.25, 0.3) is 0 Å². The van der Waals surface area contributed by atoms with Crippen LogP contribution in [0.15, 0.2) is 30.3 Å². The Labute approximate surface area is 124 Å². The summed E-state index contributed by atoms with van der Waals surface area (Å²) in [7, 11) is 0. The molecule has 1 aliphatic rings. The van der Waals surface area contributed by atoms with Crippen molar-refractivity contribution in [2.24, 2.45) is 0 Å². The van der Waals surface area contributed by atoms with E-state index < -0.39 is 5.97 Å². The fraction of sp³-hybridized carbons (Fsp3) is 0.294. The first-order valence-corrected chi connectivity index (χ1v) is 7.09. The Morgan fingerprint density at radius 2 is 1.95 bits per heavy atom. The number of anilines is 1. The predicted molar refractivity (Wildman–Crippen MR) is 81.9 cm³/mol. The summed E-state index contributed by atoms with van der Waals surface area (Å²) in [5.41, 5.74) is 4.53. The minimum Gasteiger partial charge on any atom is -0.478 e. The molecule has 0 fully saturated rings. The molecule has 3 rings (SSSR count). The fourth-order valence-electron chi connectivity index (χ4n) is 2.99. The lowest BCUT2D eigenvalue weighted by Crippen LogP contribution is -2.32. The number of carboxylic acid groups (broad SMARTS) is 1. The number of carbonyl (C=O) groups is 1. The van der Waals surface area contributed by atoms with Gasteiger partial charge in [0.2, 0.25) is 0 Å². The van der Waals surface area contributed by atoms with Gasteiger partial charge in [-0.3, -0.25) is 0 Å². The maximum Gasteiger partial charge on any atom is 0.339 e. The van der Waals surface area contributed by atoms with Gasteiger partial charge in [0.1, 0.15) is 11.4 Å². The van der Waals surface area contributed by atoms with E-state index in [1.165, 1.54) is 11.1 Å². The van der Waals surface area contributed by atoms with Crippen LogP contribution in [0.5, 0.6) is 0 Å². The number of fused-ring (bicyclic) bond motifs is 1. The Morgan fingerprint density at radius 1 is 1.24 bits per heavy atom. The van der Waals surface area contributed by atoms with Crippen molar-refractivity contribution in [2.45, 2.75) is 26.8 Å². The summed E-state index contributed by atoms with van der Waals surface area (Å²) in [6, 6.07) is 10.1. The molecule has 0 bridgehead atoms. The lowest BCUT2D eigenvalue weighted by Gasteiger charge is -2.31. The van der Waals surface area contributed by atoms with E-state index in [2.05, 4.69) is 22.0 Å². The normalized spacial score (nSPS) is 13.9. The molecule has 1 N–H and O–H groups in total. The number of rotatable bonds is 2. The smallest absolute Gasteiger partial charge is 0.339 e. The highest BCUT2D eigenvalue weighted by Gasteiger charge is 2.24. The van der Waals surface area contributed by atoms with E-state index in [0.29, 0.717) is 17.9 Å². The molecule has 4 heteroatoms. The zero-order valence-electron chi connectivity index (χ0n) is 12.3. The second-order valence-electron chi connectivity index (χ2n) is 5.52. The zero-order valence-corrected chi connectivity index (χ0v) is 12.3. The number of hydrogen-bond donors (Lipinski definition) is 1. The van der Waals surface area contributed by atoms with Gasteiger partial charge in [0, 0.05) is 18.8 Å². The molecule has 2 heterocycles. The third-order valence-electron chi connectivity index (χ3n) is 3.97. The minimum absolute atomic E-state index is 0.319. The molecule has 0 aliphatic carbocycles. The van der Waals surface area contributed by atoms with Crippen LogP contribution in [0.2, 0.25) is 0 Å². The summed E-state index contributed by atoms with van der Waals surface area (Å²) in [6.07, 6.45) is 0.921. The van der Waals surface area contributed by atoms with Crippen LogP contribution in [0, 0.1) is 13.8 Å². The molecule has 2 aromatic rings. The fourth-order valence-corrected chi connectivity index (χ4v) is 2.99. The van der Waals surface area contributed by atoms with Gasteiger partial charge in [-0.1, -0.05) is 24.3 Å². The predicted octanol–water partition coefficient (Wildman–Crippen LogP) is 2.96. The third kappa shape index (κ3) is 2.49. The largest absolute Gasteiger partial charge is 0.478 e. The van der Waals surface area contributed by atoms with Crippen LogP contribution in [0.4, 0.5) is 5.82 Å². The van der Waals surface area contributed by atoms with Crippen LogP contribution in [-0.2, 0) is 13.0 Å². The van der Waals surface area contributed by atoms with Gasteiger partial charge in [-0.25, -0.2) is 9.78 Å². The molecule has 0 unspecified atom stereocenters. The number of nitrogens with zero attached hydrogens (tertiary/aromatic N) is 2. The Morgan fingerprint density at radius 3 is 2.67 bits per heavy atom. The molecular weight excluding hydrogens is 264 g/mol. The van der Waals surface area contributed by atoms with Crippen LogP contribution in [0.25, 0.3) is 0 Å². The Kier molecular flexibility index (Phi) is 3.37. The summed E-state index contributed by atoms with van der Waals surface area (Å²) in [6.45, 7) is 5.25. The standard InChI is InChI=1S/C17H18N2O2/c1-11-9-12(2)18-16(15(11)17(20)21)19-8-7-13-5-3-4-6-14(13)10-19/h3-6,9H,7-8,10H2,1-2H3,(H,20,21). The van der Waals surface area contributed by atoms with Gasteiger partial charge in [-0.2, -0.15) is 0 Å². The Bertz CT molecular complexity index is 710. The van der Waals surface area contributed by atoms with Crippen LogP contribution in [0.3, 0.4) is 0 Å². The monoisotopic (exact) mass is 282 g/mol. The molecule has 1 aromatic carbocycles. The van der Waals surface area contributed by atoms with Gasteiger partial charge < -0.3 is 10.0 Å². The number of carboxylic acids is 1. The second-order valence-corrected chi connectivity index (χ2v) is 5.52. The number of aromatic carboxylic acids is 1. The van der Waals surface area contributed by atoms with Crippen LogP contribution < -0.4 is 4.90 Å². The highest BCUT2D eigenvalue weighted by Crippen LogP contribution is 2.28. The lowest BCUT2D eigenvalue weighted by molar-refractivity contribution is 0.0696. The first-order chi connectivity index (χ1) is 10.1. The van der Waals surface area contributed by atoms with Crippen molar-refractivity contribution in [3.05, 3.63) is 58.3 Å². The Hall–Kier alpha value is -2.36. The van der Waals surface area contributed by atoms with Crippen molar-refractivity contribution in [1.82, 2.24) is 4.98 Å². The molecule has 0 spiro atoms. The van der Waals surface area contributed by atoms with E-state index in [-0.39, 0.29) is 0 Å². The maximum absolute atomic E-state index is 11.6. The van der Waals surface area contributed by atoms with E-state index in [0.717, 1.165) is 24.2 Å². The molecule has 21 heavy (non-hydrogen) atoms. The van der Waals surface area contributed by atoms with E-state index >= 15 is 0 Å². The van der Waals surface area contributed by atoms with E-state index in [4.69, 9.17) is 0 Å². The van der Waals surface area contributed by atoms with E-state index in [9.17, 15) is 9.90 Å². The first kappa shape index (κ1) is 13.6. The summed E-state index contributed by atoms with van der Waals surface area (Å²) in [5, 5.41) is 9.50. The van der Waals surface area contributed by atoms with E-state index in [1.54, 1.807) is 0 Å². The quantitative estimate of drug-likeness (QED) is 0.920. The molecule has 1 aliphatic heterocycles. The summed E-state index contributed by atoms with van der Waals surface area (Å²) >= 11 is 0. The zero-order chi connectivity index (χ0) is 15.0. The highest BCUT2D eigenvalue weighted by atomic mass is 16.4. The van der Waals surface area contributed by atoms with Gasteiger partial charge in [-0.15, -0.1) is 0 Å².